The second-order valence-corrected chi connectivity index (χ2v) is 21.7. The number of carbonyl (C=O) groups excluding carboxylic acids is 7. The summed E-state index contributed by atoms with van der Waals surface area (Å²) in [6, 6.07) is 3.67. The van der Waals surface area contributed by atoms with Gasteiger partial charge in [0, 0.05) is 45.1 Å². The summed E-state index contributed by atoms with van der Waals surface area (Å²) in [6.45, 7) is 13.9. The minimum atomic E-state index is -1.14. The molecule has 15 nitrogen and oxygen atoms in total. The summed E-state index contributed by atoms with van der Waals surface area (Å²) in [4.78, 5) is 103. The molecule has 0 aromatic heterocycles. The standard InChI is InChI=1S/C48H71N7O8/c1-46(2,3)37(29-53-23-21-47(4,5)26-38(53)56)51-44(61)52-40(48(6)19-10-7-11-20-48)43(60)55-28-34(63-45(62)54-22-18-31-12-8-9-13-32(31)27-54)25-36(55)41(58)50-35(24-30-14-15-30)39(57)42(59)49-33-16-17-33/h8-9,12-13,30,33-37,40H,7,10-11,14-29H2,1-6H3,(H,49,59)(H,50,58)(H2,51,52,61)/t34?,35?,36-,37+,40+/m0/s1. The van der Waals surface area contributed by atoms with Gasteiger partial charge in [-0.25, -0.2) is 9.59 Å². The van der Waals surface area contributed by atoms with Gasteiger partial charge >= 0.3 is 12.1 Å². The van der Waals surface area contributed by atoms with Crippen molar-refractivity contribution in [2.75, 3.05) is 26.2 Å². The van der Waals surface area contributed by atoms with Crippen molar-refractivity contribution < 1.29 is 38.3 Å². The third kappa shape index (κ3) is 11.7. The molecule has 0 radical (unpaired) electrons. The maximum atomic E-state index is 15.3. The second-order valence-electron chi connectivity index (χ2n) is 21.7. The van der Waals surface area contributed by atoms with E-state index in [9.17, 15) is 28.8 Å². The fourth-order valence-corrected chi connectivity index (χ4v) is 9.87. The quantitative estimate of drug-likeness (QED) is 0.189. The lowest BCUT2D eigenvalue weighted by Crippen LogP contribution is -2.63. The highest BCUT2D eigenvalue weighted by Gasteiger charge is 2.50. The van der Waals surface area contributed by atoms with Gasteiger partial charge in [-0.15, -0.1) is 0 Å². The molecule has 7 amide bonds. The van der Waals surface area contributed by atoms with E-state index >= 15 is 4.79 Å². The molecule has 63 heavy (non-hydrogen) atoms. The van der Waals surface area contributed by atoms with Crippen molar-refractivity contribution in [2.45, 2.75) is 174 Å². The predicted molar refractivity (Wildman–Crippen MR) is 236 cm³/mol. The molecule has 3 aliphatic heterocycles. The van der Waals surface area contributed by atoms with Crippen LogP contribution in [-0.4, -0.2) is 119 Å². The van der Waals surface area contributed by atoms with Crippen LogP contribution in [0.3, 0.4) is 0 Å². The first-order valence-corrected chi connectivity index (χ1v) is 23.6. The SMILES string of the molecule is CC1(C)CCN(C[C@@H](NC(=O)N[C@H](C(=O)N2CC(OC(=O)N3CCc4ccccc4C3)C[C@H]2C(=O)NC(CC2CC2)C(=O)C(=O)NC2CC2)C2(C)CCCCC2)C(C)(C)C)C(=O)C1. The van der Waals surface area contributed by atoms with Crippen LogP contribution in [-0.2, 0) is 41.7 Å². The monoisotopic (exact) mass is 874 g/mol. The average molecular weight is 874 g/mol. The number of carbonyl (C=O) groups is 7. The molecule has 3 heterocycles. The van der Waals surface area contributed by atoms with Crippen molar-refractivity contribution in [1.29, 1.82) is 0 Å². The number of likely N-dealkylation sites (tertiary alicyclic amines) is 2. The van der Waals surface area contributed by atoms with Gasteiger partial charge in [0.05, 0.1) is 18.6 Å². The summed E-state index contributed by atoms with van der Waals surface area (Å²) in [6.07, 6.45) is 8.31. The topological polar surface area (TPSA) is 187 Å². The number of ether oxygens (including phenoxy) is 1. The fraction of sp³-hybridized carbons (Fsp3) is 0.729. The number of hydrogen-bond donors (Lipinski definition) is 4. The van der Waals surface area contributed by atoms with Crippen molar-refractivity contribution >= 4 is 41.5 Å². The molecule has 0 spiro atoms. The Labute approximate surface area is 372 Å². The number of rotatable bonds is 14. The highest BCUT2D eigenvalue weighted by atomic mass is 16.6. The normalized spacial score (nSPS) is 24.6. The van der Waals surface area contributed by atoms with Gasteiger partial charge in [-0.05, 0) is 78.2 Å². The lowest BCUT2D eigenvalue weighted by Gasteiger charge is -2.43. The number of hydrogen-bond acceptors (Lipinski definition) is 8. The number of fused-ring (bicyclic) bond motifs is 1. The van der Waals surface area contributed by atoms with E-state index in [0.29, 0.717) is 58.3 Å². The van der Waals surface area contributed by atoms with Crippen LogP contribution in [0.25, 0.3) is 0 Å². The van der Waals surface area contributed by atoms with E-state index in [4.69, 9.17) is 4.74 Å². The van der Waals surface area contributed by atoms with Crippen LogP contribution < -0.4 is 21.3 Å². The van der Waals surface area contributed by atoms with E-state index in [-0.39, 0.29) is 36.2 Å². The minimum Gasteiger partial charge on any atom is -0.444 e. The largest absolute Gasteiger partial charge is 0.444 e. The number of piperidine rings is 1. The van der Waals surface area contributed by atoms with E-state index in [1.807, 2.05) is 50.8 Å². The Kier molecular flexibility index (Phi) is 13.8. The first kappa shape index (κ1) is 46.3. The Hall–Kier alpha value is -4.69. The summed E-state index contributed by atoms with van der Waals surface area (Å²) in [7, 11) is 0. The van der Waals surface area contributed by atoms with E-state index in [1.54, 1.807) is 4.90 Å². The highest BCUT2D eigenvalue weighted by Crippen LogP contribution is 2.41. The summed E-state index contributed by atoms with van der Waals surface area (Å²) < 4.78 is 6.11. The molecule has 0 bridgehead atoms. The zero-order valence-electron chi connectivity index (χ0n) is 38.4. The van der Waals surface area contributed by atoms with Gasteiger partial charge < -0.3 is 40.7 Å². The molecule has 5 fully saturated rings. The van der Waals surface area contributed by atoms with Gasteiger partial charge in [0.25, 0.3) is 5.91 Å². The number of Topliss-reactive ketones (excluding diaryl/α,β-unsaturated/α-hetero) is 1. The Morgan fingerprint density at radius 3 is 2.22 bits per heavy atom. The van der Waals surface area contributed by atoms with Crippen LogP contribution in [0.15, 0.2) is 24.3 Å². The molecule has 15 heteroatoms. The van der Waals surface area contributed by atoms with Gasteiger partial charge in [0.1, 0.15) is 18.2 Å². The van der Waals surface area contributed by atoms with Crippen LogP contribution in [0.1, 0.15) is 136 Å². The number of ketones is 1. The van der Waals surface area contributed by atoms with Crippen LogP contribution in [0.4, 0.5) is 9.59 Å². The third-order valence-corrected chi connectivity index (χ3v) is 14.5. The van der Waals surface area contributed by atoms with Gasteiger partial charge in [-0.1, -0.05) is 97.9 Å². The molecule has 346 valence electrons. The molecule has 7 rings (SSSR count). The zero-order valence-corrected chi connectivity index (χ0v) is 38.4. The van der Waals surface area contributed by atoms with E-state index in [2.05, 4.69) is 41.2 Å². The molecule has 2 unspecified atom stereocenters. The molecular formula is C48H71N7O8. The Balaban J connectivity index is 1.12. The number of nitrogens with one attached hydrogen (secondary N) is 4. The smallest absolute Gasteiger partial charge is 0.410 e. The predicted octanol–water partition coefficient (Wildman–Crippen LogP) is 4.98. The first-order chi connectivity index (χ1) is 29.8. The molecule has 1 aromatic carbocycles. The van der Waals surface area contributed by atoms with Crippen LogP contribution in [0.5, 0.6) is 0 Å². The summed E-state index contributed by atoms with van der Waals surface area (Å²) >= 11 is 0. The third-order valence-electron chi connectivity index (χ3n) is 14.5. The summed E-state index contributed by atoms with van der Waals surface area (Å²) in [5, 5.41) is 11.8. The molecule has 4 N–H and O–H groups in total. The number of benzene rings is 1. The number of urea groups is 1. The summed E-state index contributed by atoms with van der Waals surface area (Å²) in [5.74, 6) is -2.26. The van der Waals surface area contributed by atoms with Crippen LogP contribution >= 0.6 is 0 Å². The maximum Gasteiger partial charge on any atom is 0.410 e. The van der Waals surface area contributed by atoms with Gasteiger partial charge in [0.2, 0.25) is 23.5 Å². The molecule has 5 atom stereocenters. The van der Waals surface area contributed by atoms with E-state index in [0.717, 1.165) is 56.9 Å². The fourth-order valence-electron chi connectivity index (χ4n) is 9.87. The first-order valence-electron chi connectivity index (χ1n) is 23.6. The Morgan fingerprint density at radius 2 is 1.57 bits per heavy atom. The van der Waals surface area contributed by atoms with E-state index in [1.165, 1.54) is 10.5 Å². The van der Waals surface area contributed by atoms with Crippen molar-refractivity contribution in [1.82, 2.24) is 36.0 Å². The van der Waals surface area contributed by atoms with Crippen molar-refractivity contribution in [3.8, 4) is 0 Å². The lowest BCUT2D eigenvalue weighted by atomic mass is 9.70. The molecule has 6 aliphatic rings. The van der Waals surface area contributed by atoms with Crippen LogP contribution in [0.2, 0.25) is 0 Å². The Bertz CT molecular complexity index is 1910. The molecule has 1 aromatic rings. The maximum absolute atomic E-state index is 15.3. The molecule has 3 aliphatic carbocycles. The number of nitrogens with zero attached hydrogens (tertiary/aromatic N) is 3. The Morgan fingerprint density at radius 1 is 0.873 bits per heavy atom. The van der Waals surface area contributed by atoms with E-state index < -0.39 is 76.7 Å². The second kappa shape index (κ2) is 18.8. The molecular weight excluding hydrogens is 803 g/mol. The zero-order chi connectivity index (χ0) is 45.3. The van der Waals surface area contributed by atoms with Crippen molar-refractivity contribution in [3.63, 3.8) is 0 Å². The average Bonchev–Trinajstić information content (AvgIpc) is 4.18. The van der Waals surface area contributed by atoms with Gasteiger partial charge in [-0.3, -0.25) is 24.0 Å². The summed E-state index contributed by atoms with van der Waals surface area (Å²) in [5.41, 5.74) is 1.02. The van der Waals surface area contributed by atoms with Crippen molar-refractivity contribution in [3.05, 3.63) is 35.4 Å². The molecule has 3 saturated carbocycles. The molecule has 2 saturated heterocycles. The van der Waals surface area contributed by atoms with Crippen molar-refractivity contribution in [2.24, 2.45) is 22.2 Å². The minimum absolute atomic E-state index is 0.0191. The van der Waals surface area contributed by atoms with Crippen LogP contribution in [0, 0.1) is 22.2 Å². The lowest BCUT2D eigenvalue weighted by molar-refractivity contribution is -0.144. The number of amides is 7. The van der Waals surface area contributed by atoms with Gasteiger partial charge in [0.15, 0.2) is 0 Å². The van der Waals surface area contributed by atoms with Gasteiger partial charge in [-0.2, -0.15) is 0 Å². The highest BCUT2D eigenvalue weighted by molar-refractivity contribution is 6.38.